The molecule has 6 N–H and O–H groups in total. The Hall–Kier alpha value is 0.114. The fourth-order valence-corrected chi connectivity index (χ4v) is 2.36. The number of hydrogen-bond donors (Lipinski definition) is 6. The first-order chi connectivity index (χ1) is 5.97. The molecular weight excluding hydrogens is 232 g/mol. The third-order valence-corrected chi connectivity index (χ3v) is 2.76. The van der Waals surface area contributed by atoms with Crippen LogP contribution in [0.1, 0.15) is 20.3 Å². The van der Waals surface area contributed by atoms with Gasteiger partial charge in [0.1, 0.15) is 0 Å². The van der Waals surface area contributed by atoms with Crippen LogP contribution in [0.2, 0.25) is 0 Å². The van der Waals surface area contributed by atoms with Crippen molar-refractivity contribution >= 4 is 18.1 Å². The number of rotatable bonds is 5. The van der Waals surface area contributed by atoms with Gasteiger partial charge in [0.25, 0.3) is 0 Å². The zero-order chi connectivity index (χ0) is 11.6. The highest BCUT2D eigenvalue weighted by molar-refractivity contribution is 6.50. The molecule has 0 heterocycles. The Morgan fingerprint density at radius 1 is 0.929 bits per heavy atom. The molecule has 0 spiro atoms. The van der Waals surface area contributed by atoms with E-state index in [0.29, 0.717) is 0 Å². The molecule has 10 heteroatoms. The highest BCUT2D eigenvalue weighted by Crippen LogP contribution is 2.21. The predicted molar refractivity (Wildman–Crippen MR) is 45.7 cm³/mol. The molecule has 0 amide bonds. The Kier molecular flexibility index (Phi) is 4.35. The molecule has 0 aromatic rings. The summed E-state index contributed by atoms with van der Waals surface area (Å²) in [4.78, 5) is 51.6. The molecule has 0 aliphatic rings. The lowest BCUT2D eigenvalue weighted by atomic mass is 10.3. The SMILES string of the molecule is CCC(C)(O[Si](O)(O)O)O[Si](O)(O)O. The van der Waals surface area contributed by atoms with Gasteiger partial charge in [-0.05, 0) is 13.3 Å². The lowest BCUT2D eigenvalue weighted by Crippen LogP contribution is -2.55. The Balaban J connectivity index is 4.49. The first-order valence-electron chi connectivity index (χ1n) is 3.72. The van der Waals surface area contributed by atoms with Gasteiger partial charge in [0.05, 0.1) is 0 Å². The summed E-state index contributed by atoms with van der Waals surface area (Å²) < 4.78 is 8.58. The Morgan fingerprint density at radius 2 is 1.21 bits per heavy atom. The second-order valence-corrected chi connectivity index (χ2v) is 5.54. The monoisotopic (exact) mass is 246 g/mol. The normalized spacial score (nSPS) is 14.6. The highest BCUT2D eigenvalue weighted by atomic mass is 28.4. The van der Waals surface area contributed by atoms with Crippen LogP contribution in [-0.4, -0.2) is 52.7 Å². The summed E-state index contributed by atoms with van der Waals surface area (Å²) in [6, 6.07) is 0. The van der Waals surface area contributed by atoms with Crippen molar-refractivity contribution in [1.29, 1.82) is 0 Å². The fraction of sp³-hybridized carbons (Fsp3) is 1.00. The molecule has 0 fully saturated rings. The van der Waals surface area contributed by atoms with Crippen LogP contribution in [0.3, 0.4) is 0 Å². The van der Waals surface area contributed by atoms with Gasteiger partial charge >= 0.3 is 18.1 Å². The van der Waals surface area contributed by atoms with Gasteiger partial charge < -0.3 is 37.6 Å². The molecule has 8 nitrogen and oxygen atoms in total. The summed E-state index contributed by atoms with van der Waals surface area (Å²) in [5, 5.41) is 0. The smallest absolute Gasteiger partial charge is 0.368 e. The van der Waals surface area contributed by atoms with Gasteiger partial charge in [-0.2, -0.15) is 0 Å². The summed E-state index contributed by atoms with van der Waals surface area (Å²) in [7, 11) is -9.70. The maximum Gasteiger partial charge on any atom is 0.673 e. The maximum absolute atomic E-state index is 8.60. The molecule has 0 radical (unpaired) electrons. The largest absolute Gasteiger partial charge is 0.673 e. The molecule has 0 rings (SSSR count). The fourth-order valence-electron chi connectivity index (χ4n) is 0.744. The van der Waals surface area contributed by atoms with Gasteiger partial charge in [0.2, 0.25) is 0 Å². The van der Waals surface area contributed by atoms with Gasteiger partial charge in [-0.1, -0.05) is 6.92 Å². The van der Waals surface area contributed by atoms with Crippen LogP contribution >= 0.6 is 0 Å². The first-order valence-corrected chi connectivity index (χ1v) is 7.22. The van der Waals surface area contributed by atoms with Crippen molar-refractivity contribution in [1.82, 2.24) is 0 Å². The van der Waals surface area contributed by atoms with E-state index in [0.717, 1.165) is 6.92 Å². The molecule has 0 saturated heterocycles. The molecule has 0 bridgehead atoms. The van der Waals surface area contributed by atoms with Gasteiger partial charge in [0.15, 0.2) is 5.79 Å². The Bertz CT molecular complexity index is 167. The van der Waals surface area contributed by atoms with E-state index < -0.39 is 23.9 Å². The Morgan fingerprint density at radius 3 is 1.36 bits per heavy atom. The molecular formula is C4H14O8Si2. The second kappa shape index (κ2) is 4.32. The van der Waals surface area contributed by atoms with E-state index in [1.54, 1.807) is 0 Å². The first kappa shape index (κ1) is 14.1. The molecule has 0 aromatic carbocycles. The quantitative estimate of drug-likeness (QED) is 0.222. The standard InChI is InChI=1S/C4H14O8Si2/c1-3-4(2,11-13(5,6)7)12-14(8,9)10/h5-10H,3H2,1-2H3. The predicted octanol–water partition coefficient (Wildman–Crippen LogP) is -3.03. The lowest BCUT2D eigenvalue weighted by Gasteiger charge is -2.32. The summed E-state index contributed by atoms with van der Waals surface area (Å²) in [5.74, 6) is -1.87. The van der Waals surface area contributed by atoms with Crippen molar-refractivity contribution in [3.05, 3.63) is 0 Å². The van der Waals surface area contributed by atoms with Crippen LogP contribution < -0.4 is 0 Å². The minimum Gasteiger partial charge on any atom is -0.368 e. The zero-order valence-corrected chi connectivity index (χ0v) is 9.71. The van der Waals surface area contributed by atoms with E-state index in [2.05, 4.69) is 8.85 Å². The van der Waals surface area contributed by atoms with Crippen molar-refractivity contribution < 1.29 is 37.6 Å². The number of hydrogen-bond acceptors (Lipinski definition) is 8. The molecule has 0 atom stereocenters. The minimum absolute atomic E-state index is 0.0418. The lowest BCUT2D eigenvalue weighted by molar-refractivity contribution is -0.189. The van der Waals surface area contributed by atoms with Crippen molar-refractivity contribution in [2.24, 2.45) is 0 Å². The molecule has 86 valence electrons. The summed E-state index contributed by atoms with van der Waals surface area (Å²) >= 11 is 0. The zero-order valence-electron chi connectivity index (χ0n) is 7.71. The summed E-state index contributed by atoms with van der Waals surface area (Å²) in [6.45, 7) is 2.57. The van der Waals surface area contributed by atoms with Crippen LogP contribution in [0, 0.1) is 0 Å². The van der Waals surface area contributed by atoms with Crippen molar-refractivity contribution in [3.63, 3.8) is 0 Å². The van der Waals surface area contributed by atoms with Gasteiger partial charge in [-0.15, -0.1) is 0 Å². The molecule has 0 saturated carbocycles. The summed E-state index contributed by atoms with van der Waals surface area (Å²) in [6.07, 6.45) is -0.0418. The van der Waals surface area contributed by atoms with Gasteiger partial charge in [0, 0.05) is 0 Å². The van der Waals surface area contributed by atoms with E-state index in [9.17, 15) is 0 Å². The van der Waals surface area contributed by atoms with Crippen molar-refractivity contribution in [3.8, 4) is 0 Å². The van der Waals surface area contributed by atoms with E-state index in [-0.39, 0.29) is 6.42 Å². The maximum atomic E-state index is 8.60. The van der Waals surface area contributed by atoms with E-state index in [4.69, 9.17) is 28.8 Å². The molecule has 14 heavy (non-hydrogen) atoms. The van der Waals surface area contributed by atoms with Crippen molar-refractivity contribution in [2.45, 2.75) is 26.1 Å². The molecule has 0 unspecified atom stereocenters. The highest BCUT2D eigenvalue weighted by Gasteiger charge is 2.47. The van der Waals surface area contributed by atoms with Crippen molar-refractivity contribution in [2.75, 3.05) is 0 Å². The molecule has 0 aliphatic heterocycles. The van der Waals surface area contributed by atoms with E-state index in [1.807, 2.05) is 0 Å². The summed E-state index contributed by atoms with van der Waals surface area (Å²) in [5.41, 5.74) is 0. The van der Waals surface area contributed by atoms with Crippen LogP contribution in [0.4, 0.5) is 0 Å². The van der Waals surface area contributed by atoms with Crippen LogP contribution in [0.25, 0.3) is 0 Å². The molecule has 0 aliphatic carbocycles. The molecule has 0 aromatic heterocycles. The second-order valence-electron chi connectivity index (χ2n) is 2.84. The van der Waals surface area contributed by atoms with E-state index in [1.165, 1.54) is 6.92 Å². The van der Waals surface area contributed by atoms with Gasteiger partial charge in [-0.25, -0.2) is 0 Å². The Labute approximate surface area is 82.6 Å². The van der Waals surface area contributed by atoms with Crippen LogP contribution in [0.15, 0.2) is 0 Å². The van der Waals surface area contributed by atoms with E-state index >= 15 is 0 Å². The third kappa shape index (κ3) is 6.55. The van der Waals surface area contributed by atoms with Crippen LogP contribution in [0.5, 0.6) is 0 Å². The average molecular weight is 246 g/mol. The topological polar surface area (TPSA) is 140 Å². The van der Waals surface area contributed by atoms with Crippen LogP contribution in [-0.2, 0) is 8.85 Å². The van der Waals surface area contributed by atoms with Gasteiger partial charge in [-0.3, -0.25) is 0 Å². The minimum atomic E-state index is -4.85. The average Bonchev–Trinajstić information content (AvgIpc) is 1.78. The third-order valence-electron chi connectivity index (χ3n) is 1.35.